The minimum absolute atomic E-state index is 0.718. The summed E-state index contributed by atoms with van der Waals surface area (Å²) in [7, 11) is 1.72. The summed E-state index contributed by atoms with van der Waals surface area (Å²) < 4.78 is 5.33. The highest BCUT2D eigenvalue weighted by atomic mass is 16.5. The summed E-state index contributed by atoms with van der Waals surface area (Å²) in [6, 6.07) is 4.29. The first-order valence-electron chi connectivity index (χ1n) is 7.07. The largest absolute Gasteiger partial charge is 0.496 e. The van der Waals surface area contributed by atoms with E-state index < -0.39 is 0 Å². The van der Waals surface area contributed by atoms with E-state index in [0.29, 0.717) is 0 Å². The van der Waals surface area contributed by atoms with E-state index in [4.69, 9.17) is 4.74 Å². The molecule has 0 heterocycles. The van der Waals surface area contributed by atoms with Gasteiger partial charge in [0.15, 0.2) is 0 Å². The Balaban J connectivity index is 2.50. The first-order chi connectivity index (χ1) is 9.04. The molecule has 0 fully saturated rings. The lowest BCUT2D eigenvalue weighted by atomic mass is 10.0. The smallest absolute Gasteiger partial charge is 0.122 e. The van der Waals surface area contributed by atoms with E-state index in [0.717, 1.165) is 31.2 Å². The molecule has 2 heteroatoms. The quantitative estimate of drug-likeness (QED) is 0.750. The predicted molar refractivity (Wildman–Crippen MR) is 83.8 cm³/mol. The van der Waals surface area contributed by atoms with Crippen molar-refractivity contribution >= 4 is 6.08 Å². The topological polar surface area (TPSA) is 21.3 Å². The molecule has 0 atom stereocenters. The SMILES string of the molecule is COc1cc(C)c(/C=C/CCNCC(C)C)cc1C. The van der Waals surface area contributed by atoms with Crippen LogP contribution in [0.4, 0.5) is 0 Å². The van der Waals surface area contributed by atoms with Gasteiger partial charge in [-0.05, 0) is 68.1 Å². The standard InChI is InChI=1S/C17H27NO/c1-13(2)12-18-9-7-6-8-16-10-15(4)17(19-5)11-14(16)3/h6,8,10-11,13,18H,7,9,12H2,1-5H3/b8-6+. The van der Waals surface area contributed by atoms with Crippen molar-refractivity contribution in [2.24, 2.45) is 5.92 Å². The molecule has 106 valence electrons. The van der Waals surface area contributed by atoms with Crippen molar-refractivity contribution in [2.45, 2.75) is 34.1 Å². The van der Waals surface area contributed by atoms with Crippen LogP contribution in [0.15, 0.2) is 18.2 Å². The second-order valence-electron chi connectivity index (χ2n) is 5.47. The van der Waals surface area contributed by atoms with Crippen LogP contribution < -0.4 is 10.1 Å². The van der Waals surface area contributed by atoms with Gasteiger partial charge in [-0.2, -0.15) is 0 Å². The van der Waals surface area contributed by atoms with E-state index >= 15 is 0 Å². The maximum absolute atomic E-state index is 5.33. The molecular formula is C17H27NO. The van der Waals surface area contributed by atoms with E-state index in [-0.39, 0.29) is 0 Å². The van der Waals surface area contributed by atoms with Crippen LogP contribution in [0.2, 0.25) is 0 Å². The van der Waals surface area contributed by atoms with Crippen LogP contribution in [0, 0.1) is 19.8 Å². The first kappa shape index (κ1) is 15.8. The Morgan fingerprint density at radius 1 is 1.21 bits per heavy atom. The molecule has 1 rings (SSSR count). The molecule has 0 unspecified atom stereocenters. The molecule has 0 radical (unpaired) electrons. The van der Waals surface area contributed by atoms with E-state index in [1.165, 1.54) is 16.7 Å². The summed E-state index contributed by atoms with van der Waals surface area (Å²) in [4.78, 5) is 0. The maximum Gasteiger partial charge on any atom is 0.122 e. The second-order valence-corrected chi connectivity index (χ2v) is 5.47. The summed E-state index contributed by atoms with van der Waals surface area (Å²) in [5, 5.41) is 3.44. The predicted octanol–water partition coefficient (Wildman–Crippen LogP) is 3.96. The number of ether oxygens (including phenoxy) is 1. The van der Waals surface area contributed by atoms with Crippen LogP contribution in [-0.2, 0) is 0 Å². The lowest BCUT2D eigenvalue weighted by molar-refractivity contribution is 0.411. The highest BCUT2D eigenvalue weighted by molar-refractivity contribution is 5.57. The Morgan fingerprint density at radius 2 is 1.95 bits per heavy atom. The highest BCUT2D eigenvalue weighted by Gasteiger charge is 2.02. The van der Waals surface area contributed by atoms with Gasteiger partial charge in [0.25, 0.3) is 0 Å². The van der Waals surface area contributed by atoms with E-state index in [9.17, 15) is 0 Å². The Labute approximate surface area is 117 Å². The summed E-state index contributed by atoms with van der Waals surface area (Å²) in [6.07, 6.45) is 5.51. The zero-order valence-electron chi connectivity index (χ0n) is 12.9. The second kappa shape index (κ2) is 8.00. The number of aryl methyl sites for hydroxylation is 2. The molecule has 0 saturated heterocycles. The molecule has 1 aromatic carbocycles. The van der Waals surface area contributed by atoms with Crippen molar-refractivity contribution in [1.29, 1.82) is 0 Å². The van der Waals surface area contributed by atoms with Crippen LogP contribution in [0.5, 0.6) is 5.75 Å². The number of hydrogen-bond donors (Lipinski definition) is 1. The number of hydrogen-bond acceptors (Lipinski definition) is 2. The van der Waals surface area contributed by atoms with Crippen LogP contribution in [0.25, 0.3) is 6.08 Å². The molecule has 1 N–H and O–H groups in total. The fourth-order valence-electron chi connectivity index (χ4n) is 2.00. The highest BCUT2D eigenvalue weighted by Crippen LogP contribution is 2.23. The Hall–Kier alpha value is -1.28. The van der Waals surface area contributed by atoms with Crippen LogP contribution in [0.3, 0.4) is 0 Å². The molecule has 0 bridgehead atoms. The maximum atomic E-state index is 5.33. The molecule has 1 aromatic rings. The van der Waals surface area contributed by atoms with Gasteiger partial charge in [0.05, 0.1) is 7.11 Å². The molecule has 2 nitrogen and oxygen atoms in total. The fourth-order valence-corrected chi connectivity index (χ4v) is 2.00. The van der Waals surface area contributed by atoms with Crippen LogP contribution in [0.1, 0.15) is 37.0 Å². The monoisotopic (exact) mass is 261 g/mol. The van der Waals surface area contributed by atoms with Gasteiger partial charge >= 0.3 is 0 Å². The number of rotatable bonds is 7. The van der Waals surface area contributed by atoms with E-state index in [1.807, 2.05) is 0 Å². The van der Waals surface area contributed by atoms with Crippen LogP contribution in [-0.4, -0.2) is 20.2 Å². The van der Waals surface area contributed by atoms with Crippen molar-refractivity contribution in [3.05, 3.63) is 34.9 Å². The molecule has 0 saturated carbocycles. The van der Waals surface area contributed by atoms with Gasteiger partial charge in [-0.3, -0.25) is 0 Å². The summed E-state index contributed by atoms with van der Waals surface area (Å²) in [5.41, 5.74) is 3.72. The third kappa shape index (κ3) is 5.48. The van der Waals surface area contributed by atoms with Crippen molar-refractivity contribution in [3.8, 4) is 5.75 Å². The average molecular weight is 261 g/mol. The fraction of sp³-hybridized carbons (Fsp3) is 0.529. The Bertz CT molecular complexity index is 422. The normalized spacial score (nSPS) is 11.5. The zero-order valence-corrected chi connectivity index (χ0v) is 12.9. The molecule has 0 aliphatic rings. The minimum atomic E-state index is 0.718. The zero-order chi connectivity index (χ0) is 14.3. The van der Waals surface area contributed by atoms with E-state index in [2.05, 4.69) is 57.3 Å². The molecule has 0 aromatic heterocycles. The van der Waals surface area contributed by atoms with Crippen molar-refractivity contribution in [1.82, 2.24) is 5.32 Å². The van der Waals surface area contributed by atoms with Gasteiger partial charge in [0, 0.05) is 0 Å². The third-order valence-electron chi connectivity index (χ3n) is 3.12. The molecule has 0 aliphatic heterocycles. The van der Waals surface area contributed by atoms with Crippen LogP contribution >= 0.6 is 0 Å². The van der Waals surface area contributed by atoms with Gasteiger partial charge in [0.1, 0.15) is 5.75 Å². The molecule has 0 amide bonds. The van der Waals surface area contributed by atoms with Crippen molar-refractivity contribution in [3.63, 3.8) is 0 Å². The third-order valence-corrected chi connectivity index (χ3v) is 3.12. The number of benzene rings is 1. The average Bonchev–Trinajstić information content (AvgIpc) is 2.36. The summed E-state index contributed by atoms with van der Waals surface area (Å²) in [6.45, 7) is 10.8. The number of methoxy groups -OCH3 is 1. The number of nitrogens with one attached hydrogen (secondary N) is 1. The first-order valence-corrected chi connectivity index (χ1v) is 7.07. The molecule has 0 aliphatic carbocycles. The minimum Gasteiger partial charge on any atom is -0.496 e. The lowest BCUT2D eigenvalue weighted by Gasteiger charge is -2.09. The molecular weight excluding hydrogens is 234 g/mol. The summed E-state index contributed by atoms with van der Waals surface area (Å²) >= 11 is 0. The van der Waals surface area contributed by atoms with Gasteiger partial charge in [-0.1, -0.05) is 26.0 Å². The van der Waals surface area contributed by atoms with Gasteiger partial charge in [-0.15, -0.1) is 0 Å². The molecule has 19 heavy (non-hydrogen) atoms. The van der Waals surface area contributed by atoms with Gasteiger partial charge in [0.2, 0.25) is 0 Å². The molecule has 0 spiro atoms. The van der Waals surface area contributed by atoms with Crippen molar-refractivity contribution < 1.29 is 4.74 Å². The summed E-state index contributed by atoms with van der Waals surface area (Å²) in [5.74, 6) is 1.68. The van der Waals surface area contributed by atoms with E-state index in [1.54, 1.807) is 7.11 Å². The Morgan fingerprint density at radius 3 is 2.58 bits per heavy atom. The lowest BCUT2D eigenvalue weighted by Crippen LogP contribution is -2.20. The van der Waals surface area contributed by atoms with Gasteiger partial charge in [-0.25, -0.2) is 0 Å². The Kier molecular flexibility index (Phi) is 6.65. The van der Waals surface area contributed by atoms with Gasteiger partial charge < -0.3 is 10.1 Å². The van der Waals surface area contributed by atoms with Crippen molar-refractivity contribution in [2.75, 3.05) is 20.2 Å².